The lowest BCUT2D eigenvalue weighted by atomic mass is 10.00. The van der Waals surface area contributed by atoms with Gasteiger partial charge in [-0.15, -0.1) is 13.2 Å². The summed E-state index contributed by atoms with van der Waals surface area (Å²) in [4.78, 5) is 11.5. The van der Waals surface area contributed by atoms with E-state index < -0.39 is 18.1 Å². The van der Waals surface area contributed by atoms with Crippen LogP contribution in [0, 0.1) is 11.3 Å². The average molecular weight is 366 g/mol. The summed E-state index contributed by atoms with van der Waals surface area (Å²) in [5.74, 6) is -1.11. The standard InChI is InChI=1S/C13H11BrF3NO3/c1-2-20-12(19)5-8-3-4-11(21-13(15,16)17)10(7-18)9(8)6-14/h3-4H,2,5-6H2,1H3. The number of rotatable bonds is 5. The predicted octanol–water partition coefficient (Wildman–Crippen LogP) is 3.46. The smallest absolute Gasteiger partial charge is 0.466 e. The molecule has 0 aliphatic heterocycles. The minimum atomic E-state index is -4.89. The molecule has 1 aromatic carbocycles. The molecule has 0 amide bonds. The van der Waals surface area contributed by atoms with Crippen molar-refractivity contribution in [3.05, 3.63) is 28.8 Å². The lowest BCUT2D eigenvalue weighted by molar-refractivity contribution is -0.274. The Balaban J connectivity index is 3.20. The fourth-order valence-corrected chi connectivity index (χ4v) is 2.33. The summed E-state index contributed by atoms with van der Waals surface area (Å²) in [6, 6.07) is 4.01. The molecule has 114 valence electrons. The minimum Gasteiger partial charge on any atom is -0.466 e. The van der Waals surface area contributed by atoms with Gasteiger partial charge < -0.3 is 9.47 Å². The highest BCUT2D eigenvalue weighted by molar-refractivity contribution is 9.08. The topological polar surface area (TPSA) is 59.3 Å². The SMILES string of the molecule is CCOC(=O)Cc1ccc(OC(F)(F)F)c(C#N)c1CBr. The fraction of sp³-hybridized carbons (Fsp3) is 0.385. The Morgan fingerprint density at radius 1 is 1.43 bits per heavy atom. The van der Waals surface area contributed by atoms with Gasteiger partial charge in [0.05, 0.1) is 18.6 Å². The summed E-state index contributed by atoms with van der Waals surface area (Å²) < 4.78 is 45.5. The molecule has 0 aromatic heterocycles. The molecule has 0 unspecified atom stereocenters. The monoisotopic (exact) mass is 365 g/mol. The molecule has 0 N–H and O–H groups in total. The van der Waals surface area contributed by atoms with Crippen LogP contribution in [0.2, 0.25) is 0 Å². The van der Waals surface area contributed by atoms with Crippen LogP contribution in [0.4, 0.5) is 13.2 Å². The van der Waals surface area contributed by atoms with Gasteiger partial charge in [0.1, 0.15) is 11.8 Å². The normalized spacial score (nSPS) is 10.9. The average Bonchev–Trinajstić information content (AvgIpc) is 2.38. The highest BCUT2D eigenvalue weighted by Gasteiger charge is 2.33. The third kappa shape index (κ3) is 4.93. The molecular weight excluding hydrogens is 355 g/mol. The summed E-state index contributed by atoms with van der Waals surface area (Å²) in [5.41, 5.74) is 0.426. The van der Waals surface area contributed by atoms with E-state index in [1.807, 2.05) is 0 Å². The van der Waals surface area contributed by atoms with Gasteiger partial charge >= 0.3 is 12.3 Å². The molecule has 0 spiro atoms. The lowest BCUT2D eigenvalue weighted by Crippen LogP contribution is -2.18. The molecular formula is C13H11BrF3NO3. The molecule has 0 saturated carbocycles. The second-order valence-corrected chi connectivity index (χ2v) is 4.41. The third-order valence-corrected chi connectivity index (χ3v) is 3.04. The van der Waals surface area contributed by atoms with Gasteiger partial charge in [-0.1, -0.05) is 22.0 Å². The maximum Gasteiger partial charge on any atom is 0.573 e. The van der Waals surface area contributed by atoms with Gasteiger partial charge in [-0.2, -0.15) is 5.26 Å². The van der Waals surface area contributed by atoms with Gasteiger partial charge in [-0.05, 0) is 24.1 Å². The molecule has 0 heterocycles. The molecule has 0 saturated heterocycles. The van der Waals surface area contributed by atoms with E-state index in [1.165, 1.54) is 6.07 Å². The number of carbonyl (C=O) groups is 1. The van der Waals surface area contributed by atoms with Crippen molar-refractivity contribution in [3.8, 4) is 11.8 Å². The largest absolute Gasteiger partial charge is 0.573 e. The van der Waals surface area contributed by atoms with Gasteiger partial charge in [-0.3, -0.25) is 4.79 Å². The van der Waals surface area contributed by atoms with Crippen molar-refractivity contribution in [2.24, 2.45) is 0 Å². The summed E-state index contributed by atoms with van der Waals surface area (Å²) in [6.07, 6.45) is -5.02. The van der Waals surface area contributed by atoms with E-state index >= 15 is 0 Å². The summed E-state index contributed by atoms with van der Waals surface area (Å²) >= 11 is 3.10. The van der Waals surface area contributed by atoms with Gasteiger partial charge in [0.2, 0.25) is 0 Å². The molecule has 0 aliphatic carbocycles. The molecule has 0 aliphatic rings. The number of halogens is 4. The summed E-state index contributed by atoms with van der Waals surface area (Å²) in [6.45, 7) is 1.84. The summed E-state index contributed by atoms with van der Waals surface area (Å²) in [5, 5.41) is 9.17. The highest BCUT2D eigenvalue weighted by Crippen LogP contribution is 2.31. The highest BCUT2D eigenvalue weighted by atomic mass is 79.9. The Morgan fingerprint density at radius 3 is 2.57 bits per heavy atom. The van der Waals surface area contributed by atoms with E-state index in [-0.39, 0.29) is 29.5 Å². The Morgan fingerprint density at radius 2 is 2.10 bits per heavy atom. The number of alkyl halides is 4. The number of hydrogen-bond donors (Lipinski definition) is 0. The number of ether oxygens (including phenoxy) is 2. The van der Waals surface area contributed by atoms with Crippen LogP contribution in [-0.4, -0.2) is 18.9 Å². The first kappa shape index (κ1) is 17.3. The zero-order valence-corrected chi connectivity index (χ0v) is 12.5. The van der Waals surface area contributed by atoms with Gasteiger partial charge in [0.25, 0.3) is 0 Å². The van der Waals surface area contributed by atoms with Gasteiger partial charge in [-0.25, -0.2) is 0 Å². The Bertz CT molecular complexity index is 567. The van der Waals surface area contributed by atoms with E-state index in [0.29, 0.717) is 5.56 Å². The number of benzene rings is 1. The van der Waals surface area contributed by atoms with Crippen LogP contribution in [0.1, 0.15) is 23.6 Å². The van der Waals surface area contributed by atoms with Gasteiger partial charge in [0, 0.05) is 5.33 Å². The van der Waals surface area contributed by atoms with Crippen LogP contribution in [-0.2, 0) is 21.3 Å². The molecule has 0 radical (unpaired) electrons. The molecule has 1 aromatic rings. The second kappa shape index (κ2) is 7.31. The molecule has 1 rings (SSSR count). The Labute approximate surface area is 127 Å². The first-order chi connectivity index (χ1) is 9.82. The van der Waals surface area contributed by atoms with E-state index in [0.717, 1.165) is 6.07 Å². The summed E-state index contributed by atoms with van der Waals surface area (Å²) in [7, 11) is 0. The second-order valence-electron chi connectivity index (χ2n) is 3.85. The maximum absolute atomic E-state index is 12.3. The van der Waals surface area contributed by atoms with Crippen molar-refractivity contribution in [1.82, 2.24) is 0 Å². The van der Waals surface area contributed by atoms with Crippen molar-refractivity contribution < 1.29 is 27.4 Å². The van der Waals surface area contributed by atoms with E-state index in [4.69, 9.17) is 10.00 Å². The van der Waals surface area contributed by atoms with Crippen molar-refractivity contribution in [2.75, 3.05) is 6.61 Å². The van der Waals surface area contributed by atoms with Crippen LogP contribution in [0.3, 0.4) is 0 Å². The lowest BCUT2D eigenvalue weighted by Gasteiger charge is -2.15. The van der Waals surface area contributed by atoms with Crippen molar-refractivity contribution >= 4 is 21.9 Å². The van der Waals surface area contributed by atoms with Crippen molar-refractivity contribution in [1.29, 1.82) is 5.26 Å². The molecule has 0 fully saturated rings. The molecule has 0 atom stereocenters. The zero-order chi connectivity index (χ0) is 16.0. The maximum atomic E-state index is 12.3. The first-order valence-corrected chi connectivity index (χ1v) is 6.96. The fourth-order valence-electron chi connectivity index (χ4n) is 1.69. The molecule has 0 bridgehead atoms. The van der Waals surface area contributed by atoms with E-state index in [1.54, 1.807) is 13.0 Å². The van der Waals surface area contributed by atoms with Gasteiger partial charge in [0.15, 0.2) is 0 Å². The predicted molar refractivity (Wildman–Crippen MR) is 70.8 cm³/mol. The van der Waals surface area contributed by atoms with Crippen molar-refractivity contribution in [3.63, 3.8) is 0 Å². The zero-order valence-electron chi connectivity index (χ0n) is 11.0. The quantitative estimate of drug-likeness (QED) is 0.592. The number of nitrogens with zero attached hydrogens (tertiary/aromatic N) is 1. The molecule has 8 heteroatoms. The third-order valence-electron chi connectivity index (χ3n) is 2.48. The van der Waals surface area contributed by atoms with Crippen molar-refractivity contribution in [2.45, 2.75) is 25.0 Å². The van der Waals surface area contributed by atoms with Crippen LogP contribution < -0.4 is 4.74 Å². The molecule has 4 nitrogen and oxygen atoms in total. The number of esters is 1. The molecule has 21 heavy (non-hydrogen) atoms. The van der Waals surface area contributed by atoms with Crippen LogP contribution in [0.15, 0.2) is 12.1 Å². The van der Waals surface area contributed by atoms with Crippen LogP contribution in [0.25, 0.3) is 0 Å². The number of carbonyl (C=O) groups excluding carboxylic acids is 1. The van der Waals surface area contributed by atoms with E-state index in [9.17, 15) is 18.0 Å². The number of nitriles is 1. The Kier molecular flexibility index (Phi) is 6.03. The van der Waals surface area contributed by atoms with Crippen LogP contribution >= 0.6 is 15.9 Å². The Hall–Kier alpha value is -1.75. The number of hydrogen-bond acceptors (Lipinski definition) is 4. The van der Waals surface area contributed by atoms with E-state index in [2.05, 4.69) is 20.7 Å². The minimum absolute atomic E-state index is 0.111. The van der Waals surface area contributed by atoms with Crippen LogP contribution in [0.5, 0.6) is 5.75 Å². The first-order valence-electron chi connectivity index (χ1n) is 5.84.